The molecule has 1 aromatic heterocycles. The van der Waals surface area contributed by atoms with E-state index in [4.69, 9.17) is 14.7 Å². The van der Waals surface area contributed by atoms with Crippen LogP contribution >= 0.6 is 0 Å². The molecule has 3 aromatic rings. The number of aryl methyl sites for hydroxylation is 1. The van der Waals surface area contributed by atoms with Gasteiger partial charge in [-0.25, -0.2) is 0 Å². The molecule has 222 valence electrons. The smallest absolute Gasteiger partial charge is 0.318 e. The summed E-state index contributed by atoms with van der Waals surface area (Å²) in [6.07, 6.45) is 9.68. The minimum absolute atomic E-state index is 0.0422. The van der Waals surface area contributed by atoms with Crippen molar-refractivity contribution in [2.75, 3.05) is 36.0 Å². The third-order valence-electron chi connectivity index (χ3n) is 10.1. The molecule has 1 saturated heterocycles. The van der Waals surface area contributed by atoms with Gasteiger partial charge in [-0.1, -0.05) is 49.8 Å². The van der Waals surface area contributed by atoms with E-state index in [0.29, 0.717) is 44.7 Å². The number of piperazine rings is 1. The highest BCUT2D eigenvalue weighted by molar-refractivity contribution is 5.97. The van der Waals surface area contributed by atoms with Crippen molar-refractivity contribution < 1.29 is 9.53 Å². The fraction of sp³-hybridized carbons (Fsp3) is 0.486. The van der Waals surface area contributed by atoms with Crippen LogP contribution in [0.2, 0.25) is 0 Å². The van der Waals surface area contributed by atoms with E-state index in [1.54, 1.807) is 4.90 Å². The molecule has 1 spiro atoms. The predicted octanol–water partition coefficient (Wildman–Crippen LogP) is 5.72. The van der Waals surface area contributed by atoms with Crippen molar-refractivity contribution in [2.24, 2.45) is 5.92 Å². The van der Waals surface area contributed by atoms with Crippen LogP contribution in [0.25, 0.3) is 10.8 Å². The molecule has 7 rings (SSSR count). The van der Waals surface area contributed by atoms with Gasteiger partial charge in [0.15, 0.2) is 0 Å². The van der Waals surface area contributed by atoms with E-state index >= 15 is 0 Å². The zero-order chi connectivity index (χ0) is 29.6. The van der Waals surface area contributed by atoms with E-state index in [1.165, 1.54) is 59.3 Å². The van der Waals surface area contributed by atoms with Crippen LogP contribution in [0.1, 0.15) is 61.8 Å². The maximum Gasteiger partial charge on any atom is 0.318 e. The Kier molecular flexibility index (Phi) is 7.20. The SMILES string of the molecule is C=CC(=O)N1CCN(c2nc(OCC3CCCC3)nc3c2CC2(CC2)N(c2cccc4cccc(C)c24)C3)C[C@@H]1CC#N. The highest BCUT2D eigenvalue weighted by atomic mass is 16.5. The summed E-state index contributed by atoms with van der Waals surface area (Å²) in [6, 6.07) is 15.7. The summed E-state index contributed by atoms with van der Waals surface area (Å²) in [6.45, 7) is 8.96. The molecule has 3 fully saturated rings. The van der Waals surface area contributed by atoms with Gasteiger partial charge in [-0.2, -0.15) is 15.2 Å². The maximum absolute atomic E-state index is 12.6. The van der Waals surface area contributed by atoms with Crippen molar-refractivity contribution in [2.45, 2.75) is 76.4 Å². The average Bonchev–Trinajstić information content (AvgIpc) is 3.58. The van der Waals surface area contributed by atoms with Gasteiger partial charge < -0.3 is 19.4 Å². The van der Waals surface area contributed by atoms with Crippen molar-refractivity contribution in [3.05, 3.63) is 65.9 Å². The number of ether oxygens (including phenoxy) is 1. The molecular formula is C35H40N6O2. The van der Waals surface area contributed by atoms with Crippen molar-refractivity contribution in [1.29, 1.82) is 5.26 Å². The number of nitrogens with zero attached hydrogens (tertiary/aromatic N) is 6. The molecule has 2 aliphatic heterocycles. The Labute approximate surface area is 254 Å². The second-order valence-electron chi connectivity index (χ2n) is 12.9. The lowest BCUT2D eigenvalue weighted by atomic mass is 9.92. The van der Waals surface area contributed by atoms with Crippen LogP contribution in [0.15, 0.2) is 49.1 Å². The lowest BCUT2D eigenvalue weighted by Crippen LogP contribution is -2.55. The van der Waals surface area contributed by atoms with Crippen LogP contribution in [0, 0.1) is 24.2 Å². The van der Waals surface area contributed by atoms with E-state index in [0.717, 1.165) is 30.8 Å². The minimum Gasteiger partial charge on any atom is -0.463 e. The monoisotopic (exact) mass is 576 g/mol. The molecule has 0 radical (unpaired) electrons. The summed E-state index contributed by atoms with van der Waals surface area (Å²) in [5, 5.41) is 12.2. The third-order valence-corrected chi connectivity index (χ3v) is 10.1. The summed E-state index contributed by atoms with van der Waals surface area (Å²) in [5.41, 5.74) is 4.82. The summed E-state index contributed by atoms with van der Waals surface area (Å²) >= 11 is 0. The Hall–Kier alpha value is -4.12. The van der Waals surface area contributed by atoms with Crippen LogP contribution in [-0.2, 0) is 17.8 Å². The number of hydrogen-bond donors (Lipinski definition) is 0. The number of nitriles is 1. The Morgan fingerprint density at radius 1 is 1.16 bits per heavy atom. The number of benzene rings is 2. The third kappa shape index (κ3) is 5.09. The number of anilines is 2. The van der Waals surface area contributed by atoms with E-state index < -0.39 is 0 Å². The number of carbonyl (C=O) groups is 1. The number of hydrogen-bond acceptors (Lipinski definition) is 7. The highest BCUT2D eigenvalue weighted by Gasteiger charge is 2.52. The van der Waals surface area contributed by atoms with E-state index in [9.17, 15) is 10.1 Å². The second-order valence-corrected chi connectivity index (χ2v) is 12.9. The molecule has 43 heavy (non-hydrogen) atoms. The Morgan fingerprint density at radius 3 is 2.70 bits per heavy atom. The van der Waals surface area contributed by atoms with Gasteiger partial charge in [0, 0.05) is 48.2 Å². The lowest BCUT2D eigenvalue weighted by molar-refractivity contribution is -0.128. The number of aromatic nitrogens is 2. The molecule has 0 unspecified atom stereocenters. The summed E-state index contributed by atoms with van der Waals surface area (Å²) < 4.78 is 6.34. The number of carbonyl (C=O) groups excluding carboxylic acids is 1. The van der Waals surface area contributed by atoms with Gasteiger partial charge in [0.25, 0.3) is 0 Å². The molecule has 1 atom stereocenters. The van der Waals surface area contributed by atoms with Crippen LogP contribution in [-0.4, -0.2) is 58.6 Å². The van der Waals surface area contributed by atoms with E-state index in [-0.39, 0.29) is 23.9 Å². The molecule has 2 saturated carbocycles. The number of amides is 1. The Bertz CT molecular complexity index is 1600. The lowest BCUT2D eigenvalue weighted by Gasteiger charge is -2.44. The fourth-order valence-electron chi connectivity index (χ4n) is 7.64. The average molecular weight is 577 g/mol. The van der Waals surface area contributed by atoms with Gasteiger partial charge in [0.05, 0.1) is 37.4 Å². The molecule has 3 heterocycles. The van der Waals surface area contributed by atoms with Crippen molar-refractivity contribution >= 4 is 28.2 Å². The normalized spacial score (nSPS) is 21.1. The van der Waals surface area contributed by atoms with Gasteiger partial charge in [-0.05, 0) is 61.6 Å². The van der Waals surface area contributed by atoms with Gasteiger partial charge in [-0.3, -0.25) is 4.79 Å². The predicted molar refractivity (Wildman–Crippen MR) is 168 cm³/mol. The van der Waals surface area contributed by atoms with Gasteiger partial charge in [0.2, 0.25) is 5.91 Å². The number of rotatable bonds is 7. The fourth-order valence-corrected chi connectivity index (χ4v) is 7.64. The quantitative estimate of drug-likeness (QED) is 0.333. The largest absolute Gasteiger partial charge is 0.463 e. The van der Waals surface area contributed by atoms with Crippen molar-refractivity contribution in [1.82, 2.24) is 14.9 Å². The molecule has 0 N–H and O–H groups in total. The van der Waals surface area contributed by atoms with Gasteiger partial charge >= 0.3 is 6.01 Å². The molecule has 0 bridgehead atoms. The second kappa shape index (κ2) is 11.2. The summed E-state index contributed by atoms with van der Waals surface area (Å²) in [5.74, 6) is 1.35. The highest BCUT2D eigenvalue weighted by Crippen LogP contribution is 2.53. The zero-order valence-corrected chi connectivity index (χ0v) is 25.1. The van der Waals surface area contributed by atoms with Gasteiger partial charge in [-0.15, -0.1) is 0 Å². The topological polar surface area (TPSA) is 85.6 Å². The first-order chi connectivity index (χ1) is 21.0. The summed E-state index contributed by atoms with van der Waals surface area (Å²) in [4.78, 5) is 29.4. The van der Waals surface area contributed by atoms with Crippen molar-refractivity contribution in [3.63, 3.8) is 0 Å². The van der Waals surface area contributed by atoms with Crippen molar-refractivity contribution in [3.8, 4) is 12.1 Å². The summed E-state index contributed by atoms with van der Waals surface area (Å²) in [7, 11) is 0. The van der Waals surface area contributed by atoms with Crippen LogP contribution in [0.3, 0.4) is 0 Å². The first kappa shape index (κ1) is 27.7. The van der Waals surface area contributed by atoms with Crippen LogP contribution in [0.5, 0.6) is 6.01 Å². The first-order valence-electron chi connectivity index (χ1n) is 15.8. The molecule has 1 amide bonds. The Morgan fingerprint density at radius 2 is 1.95 bits per heavy atom. The molecular weight excluding hydrogens is 536 g/mol. The van der Waals surface area contributed by atoms with Gasteiger partial charge in [0.1, 0.15) is 5.82 Å². The van der Waals surface area contributed by atoms with Crippen LogP contribution < -0.4 is 14.5 Å². The zero-order valence-electron chi connectivity index (χ0n) is 25.1. The Balaban J connectivity index is 1.27. The molecule has 2 aliphatic carbocycles. The first-order valence-corrected chi connectivity index (χ1v) is 15.8. The standard InChI is InChI=1S/C35H40N6O2/c1-3-31(42)40-19-18-39(21-27(40)14-17-36)33-28-20-35(15-16-35)41(30-13-7-12-26-11-6-8-24(2)32(26)30)22-29(28)37-34(38-33)43-23-25-9-4-5-10-25/h3,6-8,11-13,25,27H,1,4-5,9-10,14-16,18-23H2,2H3/t27-/m0/s1. The molecule has 8 heteroatoms. The van der Waals surface area contributed by atoms with Crippen LogP contribution in [0.4, 0.5) is 11.5 Å². The van der Waals surface area contributed by atoms with E-state index in [2.05, 4.69) is 65.8 Å². The van der Waals surface area contributed by atoms with E-state index in [1.807, 2.05) is 0 Å². The molecule has 4 aliphatic rings. The maximum atomic E-state index is 12.6. The number of fused-ring (bicyclic) bond motifs is 2. The molecule has 2 aromatic carbocycles. The molecule has 8 nitrogen and oxygen atoms in total. The minimum atomic E-state index is -0.216.